The highest BCUT2D eigenvalue weighted by Crippen LogP contribution is 2.31. The summed E-state index contributed by atoms with van der Waals surface area (Å²) in [6.45, 7) is 3.45. The number of piperidine rings is 1. The number of ether oxygens (including phenoxy) is 1. The van der Waals surface area contributed by atoms with Gasteiger partial charge in [0.25, 0.3) is 5.91 Å². The maximum absolute atomic E-state index is 13.0. The number of hydrogen-bond acceptors (Lipinski definition) is 6. The lowest BCUT2D eigenvalue weighted by Gasteiger charge is -2.47. The highest BCUT2D eigenvalue weighted by molar-refractivity contribution is 7.98. The van der Waals surface area contributed by atoms with Crippen molar-refractivity contribution in [2.75, 3.05) is 44.8 Å². The molecule has 2 aliphatic heterocycles. The van der Waals surface area contributed by atoms with Crippen molar-refractivity contribution in [2.24, 2.45) is 0 Å². The van der Waals surface area contributed by atoms with Crippen LogP contribution in [0, 0.1) is 0 Å². The normalized spacial score (nSPS) is 18.7. The van der Waals surface area contributed by atoms with Crippen LogP contribution in [-0.2, 0) is 16.1 Å². The lowest BCUT2D eigenvalue weighted by atomic mass is 9.89. The van der Waals surface area contributed by atoms with E-state index in [0.29, 0.717) is 57.3 Å². The van der Waals surface area contributed by atoms with E-state index >= 15 is 0 Å². The van der Waals surface area contributed by atoms with Crippen LogP contribution in [0.15, 0.2) is 35.0 Å². The molecule has 0 radical (unpaired) electrons. The van der Waals surface area contributed by atoms with E-state index in [2.05, 4.69) is 5.10 Å². The van der Waals surface area contributed by atoms with Crippen LogP contribution in [0.3, 0.4) is 0 Å². The van der Waals surface area contributed by atoms with Crippen molar-refractivity contribution >= 4 is 23.6 Å². The Bertz CT molecular complexity index is 858. The summed E-state index contributed by atoms with van der Waals surface area (Å²) in [5, 5.41) is 4.16. The summed E-state index contributed by atoms with van der Waals surface area (Å²) in [5.74, 6) is 2.00. The summed E-state index contributed by atoms with van der Waals surface area (Å²) in [6, 6.07) is 5.41. The Labute approximate surface area is 180 Å². The Morgan fingerprint density at radius 2 is 2.03 bits per heavy atom. The molecule has 2 aliphatic rings. The van der Waals surface area contributed by atoms with Gasteiger partial charge in [-0.15, -0.1) is 0 Å². The molecule has 2 amide bonds. The second-order valence-corrected chi connectivity index (χ2v) is 8.84. The van der Waals surface area contributed by atoms with Crippen LogP contribution in [0.1, 0.15) is 35.6 Å². The molecule has 30 heavy (non-hydrogen) atoms. The third-order valence-corrected chi connectivity index (χ3v) is 6.44. The summed E-state index contributed by atoms with van der Waals surface area (Å²) in [5.41, 5.74) is -0.366. The Morgan fingerprint density at radius 3 is 2.77 bits per heavy atom. The van der Waals surface area contributed by atoms with E-state index in [-0.39, 0.29) is 17.4 Å². The second-order valence-electron chi connectivity index (χ2n) is 7.85. The molecule has 1 spiro atoms. The van der Waals surface area contributed by atoms with E-state index in [1.165, 1.54) is 0 Å². The van der Waals surface area contributed by atoms with Crippen LogP contribution in [0.4, 0.5) is 0 Å². The number of carbonyl (C=O) groups excluding carboxylic acids is 2. The SMILES string of the molecule is CSCCC(=O)N1CCC2(CC1)CN(C(=O)c1ccc(Cn3cccn3)o1)CCO2. The summed E-state index contributed by atoms with van der Waals surface area (Å²) >= 11 is 1.69. The third-order valence-electron chi connectivity index (χ3n) is 5.83. The number of aromatic nitrogens is 2. The highest BCUT2D eigenvalue weighted by atomic mass is 32.2. The average Bonchev–Trinajstić information content (AvgIpc) is 3.45. The summed E-state index contributed by atoms with van der Waals surface area (Å²) in [6.07, 6.45) is 7.67. The van der Waals surface area contributed by atoms with Crippen LogP contribution in [0.2, 0.25) is 0 Å². The van der Waals surface area contributed by atoms with E-state index in [0.717, 1.165) is 18.6 Å². The largest absolute Gasteiger partial charge is 0.454 e. The molecule has 0 saturated carbocycles. The Kier molecular flexibility index (Phi) is 6.48. The number of thioether (sulfide) groups is 1. The van der Waals surface area contributed by atoms with Gasteiger partial charge in [-0.3, -0.25) is 14.3 Å². The predicted molar refractivity (Wildman–Crippen MR) is 113 cm³/mol. The highest BCUT2D eigenvalue weighted by Gasteiger charge is 2.42. The molecule has 0 aromatic carbocycles. The van der Waals surface area contributed by atoms with Crippen molar-refractivity contribution in [3.05, 3.63) is 42.1 Å². The number of carbonyl (C=O) groups is 2. The van der Waals surface area contributed by atoms with Crippen molar-refractivity contribution in [2.45, 2.75) is 31.4 Å². The Morgan fingerprint density at radius 1 is 1.20 bits per heavy atom. The zero-order chi connectivity index (χ0) is 21.0. The molecule has 8 nitrogen and oxygen atoms in total. The van der Waals surface area contributed by atoms with E-state index in [1.807, 2.05) is 34.4 Å². The number of likely N-dealkylation sites (tertiary alicyclic amines) is 1. The zero-order valence-corrected chi connectivity index (χ0v) is 18.1. The van der Waals surface area contributed by atoms with Gasteiger partial charge < -0.3 is 19.0 Å². The van der Waals surface area contributed by atoms with Gasteiger partial charge in [-0.2, -0.15) is 16.9 Å². The lowest BCUT2D eigenvalue weighted by Crippen LogP contribution is -2.58. The van der Waals surface area contributed by atoms with Crippen molar-refractivity contribution in [1.82, 2.24) is 19.6 Å². The van der Waals surface area contributed by atoms with Crippen molar-refractivity contribution in [3.8, 4) is 0 Å². The first-order valence-electron chi connectivity index (χ1n) is 10.3. The maximum Gasteiger partial charge on any atom is 0.289 e. The van der Waals surface area contributed by atoms with E-state index in [4.69, 9.17) is 9.15 Å². The molecule has 0 bridgehead atoms. The number of amides is 2. The van der Waals surface area contributed by atoms with Gasteiger partial charge in [-0.25, -0.2) is 0 Å². The van der Waals surface area contributed by atoms with E-state index < -0.39 is 0 Å². The molecule has 2 fully saturated rings. The van der Waals surface area contributed by atoms with Gasteiger partial charge in [-0.1, -0.05) is 0 Å². The summed E-state index contributed by atoms with van der Waals surface area (Å²) in [7, 11) is 0. The third kappa shape index (κ3) is 4.73. The first-order valence-corrected chi connectivity index (χ1v) is 11.7. The van der Waals surface area contributed by atoms with Crippen LogP contribution >= 0.6 is 11.8 Å². The minimum absolute atomic E-state index is 0.108. The van der Waals surface area contributed by atoms with E-state index in [1.54, 1.807) is 28.7 Å². The molecular weight excluding hydrogens is 404 g/mol. The maximum atomic E-state index is 13.0. The second kappa shape index (κ2) is 9.26. The van der Waals surface area contributed by atoms with Gasteiger partial charge in [0.15, 0.2) is 5.76 Å². The van der Waals surface area contributed by atoms with E-state index in [9.17, 15) is 9.59 Å². The molecule has 162 valence electrons. The molecule has 0 atom stereocenters. The molecule has 0 N–H and O–H groups in total. The smallest absolute Gasteiger partial charge is 0.289 e. The average molecular weight is 433 g/mol. The molecule has 9 heteroatoms. The van der Waals surface area contributed by atoms with Gasteiger partial charge in [0, 0.05) is 44.2 Å². The Hall–Kier alpha value is -2.26. The number of furan rings is 1. The van der Waals surface area contributed by atoms with Gasteiger partial charge >= 0.3 is 0 Å². The van der Waals surface area contributed by atoms with Crippen LogP contribution in [0.25, 0.3) is 0 Å². The number of nitrogens with zero attached hydrogens (tertiary/aromatic N) is 4. The molecule has 2 saturated heterocycles. The lowest BCUT2D eigenvalue weighted by molar-refractivity contribution is -0.146. The minimum Gasteiger partial charge on any atom is -0.454 e. The Balaban J connectivity index is 1.34. The zero-order valence-electron chi connectivity index (χ0n) is 17.3. The predicted octanol–water partition coefficient (Wildman–Crippen LogP) is 2.11. The van der Waals surface area contributed by atoms with Gasteiger partial charge in [0.2, 0.25) is 5.91 Å². The topological polar surface area (TPSA) is 80.8 Å². The van der Waals surface area contributed by atoms with Gasteiger partial charge in [-0.05, 0) is 37.3 Å². The quantitative estimate of drug-likeness (QED) is 0.696. The fraction of sp³-hybridized carbons (Fsp3) is 0.571. The molecule has 4 rings (SSSR count). The van der Waals surface area contributed by atoms with Crippen LogP contribution in [0.5, 0.6) is 0 Å². The van der Waals surface area contributed by atoms with Gasteiger partial charge in [0.05, 0.1) is 25.3 Å². The molecule has 2 aromatic heterocycles. The monoisotopic (exact) mass is 432 g/mol. The summed E-state index contributed by atoms with van der Waals surface area (Å²) in [4.78, 5) is 29.1. The van der Waals surface area contributed by atoms with Crippen molar-refractivity contribution in [3.63, 3.8) is 0 Å². The van der Waals surface area contributed by atoms with Gasteiger partial charge in [0.1, 0.15) is 5.76 Å². The first kappa shape index (κ1) is 21.0. The molecular formula is C21H28N4O4S. The summed E-state index contributed by atoms with van der Waals surface area (Å²) < 4.78 is 13.7. The molecule has 4 heterocycles. The standard InChI is InChI=1S/C21H28N4O4S/c1-30-14-5-19(26)23-10-6-21(7-11-23)16-24(12-13-28-21)20(27)18-4-3-17(29-18)15-25-9-2-8-22-25/h2-4,8-9H,5-7,10-16H2,1H3. The fourth-order valence-electron chi connectivity index (χ4n) is 4.12. The minimum atomic E-state index is -0.366. The molecule has 0 unspecified atom stereocenters. The fourth-order valence-corrected chi connectivity index (χ4v) is 4.50. The number of morpholine rings is 1. The number of hydrogen-bond donors (Lipinski definition) is 0. The first-order chi connectivity index (χ1) is 14.6. The molecule has 0 aliphatic carbocycles. The molecule has 2 aromatic rings. The number of rotatable bonds is 6. The van der Waals surface area contributed by atoms with Crippen molar-refractivity contribution in [1.29, 1.82) is 0 Å². The van der Waals surface area contributed by atoms with Crippen LogP contribution in [-0.4, -0.2) is 81.8 Å². The van der Waals surface area contributed by atoms with Crippen LogP contribution < -0.4 is 0 Å². The van der Waals surface area contributed by atoms with Crippen molar-refractivity contribution < 1.29 is 18.7 Å².